The van der Waals surface area contributed by atoms with Gasteiger partial charge in [-0.25, -0.2) is 0 Å². The number of anilines is 1. The van der Waals surface area contributed by atoms with E-state index in [4.69, 9.17) is 11.6 Å². The fraction of sp³-hybridized carbons (Fsp3) is 0.125. The predicted octanol–water partition coefficient (Wildman–Crippen LogP) is 4.17. The van der Waals surface area contributed by atoms with E-state index >= 15 is 0 Å². The second kappa shape index (κ2) is 9.89. The van der Waals surface area contributed by atoms with E-state index in [2.05, 4.69) is 16.0 Å². The van der Waals surface area contributed by atoms with Crippen LogP contribution in [0.1, 0.15) is 27.5 Å². The van der Waals surface area contributed by atoms with Crippen LogP contribution in [-0.2, 0) is 16.1 Å². The van der Waals surface area contributed by atoms with E-state index in [9.17, 15) is 14.4 Å². The summed E-state index contributed by atoms with van der Waals surface area (Å²) in [4.78, 5) is 38.6. The van der Waals surface area contributed by atoms with Crippen molar-refractivity contribution in [2.75, 3.05) is 11.1 Å². The van der Waals surface area contributed by atoms with Crippen LogP contribution < -0.4 is 16.0 Å². The SMILES string of the molecule is O=C1CSc2ccc(C(=O)NC(C(=O)NCc3ccc(Cl)cc3)c3ccccc3)cc2N1. The molecule has 3 aromatic carbocycles. The van der Waals surface area contributed by atoms with Crippen molar-refractivity contribution in [2.24, 2.45) is 0 Å². The van der Waals surface area contributed by atoms with Crippen LogP contribution in [0.5, 0.6) is 0 Å². The van der Waals surface area contributed by atoms with Gasteiger partial charge >= 0.3 is 0 Å². The lowest BCUT2D eigenvalue weighted by Gasteiger charge is -2.20. The fourth-order valence-corrected chi connectivity index (χ4v) is 4.19. The zero-order valence-electron chi connectivity index (χ0n) is 16.9. The highest BCUT2D eigenvalue weighted by Crippen LogP contribution is 2.32. The first-order valence-corrected chi connectivity index (χ1v) is 11.3. The van der Waals surface area contributed by atoms with Gasteiger partial charge < -0.3 is 16.0 Å². The van der Waals surface area contributed by atoms with Gasteiger partial charge in [-0.15, -0.1) is 11.8 Å². The molecule has 0 saturated carbocycles. The van der Waals surface area contributed by atoms with Crippen molar-refractivity contribution >= 4 is 46.8 Å². The number of amides is 3. The van der Waals surface area contributed by atoms with Crippen molar-refractivity contribution in [3.05, 3.63) is 94.5 Å². The Morgan fingerprint density at radius 2 is 1.78 bits per heavy atom. The molecule has 32 heavy (non-hydrogen) atoms. The number of halogens is 1. The van der Waals surface area contributed by atoms with Crippen LogP contribution in [0.25, 0.3) is 0 Å². The molecule has 8 heteroatoms. The summed E-state index contributed by atoms with van der Waals surface area (Å²) in [6, 6.07) is 20.5. The van der Waals surface area contributed by atoms with Crippen LogP contribution in [0, 0.1) is 0 Å². The monoisotopic (exact) mass is 465 g/mol. The van der Waals surface area contributed by atoms with E-state index < -0.39 is 11.9 Å². The number of carbonyl (C=O) groups excluding carboxylic acids is 3. The van der Waals surface area contributed by atoms with Gasteiger partial charge in [0, 0.05) is 22.0 Å². The Kier molecular flexibility index (Phi) is 6.78. The Labute approximate surface area is 194 Å². The summed E-state index contributed by atoms with van der Waals surface area (Å²) in [6.07, 6.45) is 0. The Balaban J connectivity index is 1.51. The Bertz CT molecular complexity index is 1150. The maximum atomic E-state index is 13.0. The van der Waals surface area contributed by atoms with Crippen molar-refractivity contribution in [3.8, 4) is 0 Å². The number of thioether (sulfide) groups is 1. The highest BCUT2D eigenvalue weighted by Gasteiger charge is 2.24. The molecule has 3 aromatic rings. The summed E-state index contributed by atoms with van der Waals surface area (Å²) in [7, 11) is 0. The number of hydrogen-bond donors (Lipinski definition) is 3. The van der Waals surface area contributed by atoms with Crippen LogP contribution in [0.15, 0.2) is 77.7 Å². The molecule has 3 N–H and O–H groups in total. The number of rotatable bonds is 6. The minimum absolute atomic E-state index is 0.108. The molecule has 1 atom stereocenters. The predicted molar refractivity (Wildman–Crippen MR) is 126 cm³/mol. The van der Waals surface area contributed by atoms with Gasteiger partial charge in [0.1, 0.15) is 6.04 Å². The van der Waals surface area contributed by atoms with Crippen LogP contribution in [-0.4, -0.2) is 23.5 Å². The highest BCUT2D eigenvalue weighted by molar-refractivity contribution is 8.00. The Morgan fingerprint density at radius 3 is 2.53 bits per heavy atom. The van der Waals surface area contributed by atoms with Gasteiger partial charge in [0.25, 0.3) is 5.91 Å². The summed E-state index contributed by atoms with van der Waals surface area (Å²) >= 11 is 7.34. The summed E-state index contributed by atoms with van der Waals surface area (Å²) in [5.41, 5.74) is 2.51. The highest BCUT2D eigenvalue weighted by atomic mass is 35.5. The smallest absolute Gasteiger partial charge is 0.252 e. The number of hydrogen-bond acceptors (Lipinski definition) is 4. The van der Waals surface area contributed by atoms with Crippen molar-refractivity contribution < 1.29 is 14.4 Å². The molecular formula is C24H20ClN3O3S. The summed E-state index contributed by atoms with van der Waals surface area (Å²) in [6.45, 7) is 0.303. The third-order valence-corrected chi connectivity index (χ3v) is 6.25. The van der Waals surface area contributed by atoms with Crippen molar-refractivity contribution in [2.45, 2.75) is 17.5 Å². The third-order valence-electron chi connectivity index (χ3n) is 4.93. The van der Waals surface area contributed by atoms with Crippen LogP contribution in [0.4, 0.5) is 5.69 Å². The van der Waals surface area contributed by atoms with Gasteiger partial charge in [-0.1, -0.05) is 54.1 Å². The van der Waals surface area contributed by atoms with Crippen molar-refractivity contribution in [1.82, 2.24) is 10.6 Å². The molecule has 1 heterocycles. The fourth-order valence-electron chi connectivity index (χ4n) is 3.28. The van der Waals surface area contributed by atoms with E-state index in [0.717, 1.165) is 10.5 Å². The first-order chi connectivity index (χ1) is 15.5. The molecule has 0 aromatic heterocycles. The average Bonchev–Trinajstić information content (AvgIpc) is 2.82. The quantitative estimate of drug-likeness (QED) is 0.510. The number of benzene rings is 3. The van der Waals surface area contributed by atoms with E-state index in [0.29, 0.717) is 34.1 Å². The average molecular weight is 466 g/mol. The Hall–Kier alpha value is -3.29. The Morgan fingerprint density at radius 1 is 1.03 bits per heavy atom. The molecule has 0 radical (unpaired) electrons. The van der Waals surface area contributed by atoms with E-state index in [-0.39, 0.29) is 11.8 Å². The largest absolute Gasteiger partial charge is 0.350 e. The second-order valence-electron chi connectivity index (χ2n) is 7.21. The topological polar surface area (TPSA) is 87.3 Å². The van der Waals surface area contributed by atoms with Crippen LogP contribution in [0.2, 0.25) is 5.02 Å². The third kappa shape index (κ3) is 5.30. The van der Waals surface area contributed by atoms with Gasteiger partial charge in [-0.3, -0.25) is 14.4 Å². The molecule has 0 fully saturated rings. The van der Waals surface area contributed by atoms with E-state index in [1.54, 1.807) is 42.5 Å². The normalized spacial score (nSPS) is 13.5. The minimum Gasteiger partial charge on any atom is -0.350 e. The second-order valence-corrected chi connectivity index (χ2v) is 8.66. The maximum Gasteiger partial charge on any atom is 0.252 e. The molecule has 1 unspecified atom stereocenters. The molecule has 0 saturated heterocycles. The molecule has 1 aliphatic rings. The van der Waals surface area contributed by atoms with Crippen molar-refractivity contribution in [3.63, 3.8) is 0 Å². The van der Waals surface area contributed by atoms with E-state index in [1.165, 1.54) is 11.8 Å². The van der Waals surface area contributed by atoms with Gasteiger partial charge in [-0.2, -0.15) is 0 Å². The number of nitrogens with one attached hydrogen (secondary N) is 3. The molecule has 0 bridgehead atoms. The van der Waals surface area contributed by atoms with Gasteiger partial charge in [0.2, 0.25) is 11.8 Å². The molecular weight excluding hydrogens is 446 g/mol. The number of carbonyl (C=O) groups is 3. The molecule has 4 rings (SSSR count). The van der Waals surface area contributed by atoms with Gasteiger partial charge in [-0.05, 0) is 41.5 Å². The molecule has 0 aliphatic carbocycles. The lowest BCUT2D eigenvalue weighted by atomic mass is 10.0. The minimum atomic E-state index is -0.879. The molecule has 6 nitrogen and oxygen atoms in total. The molecule has 162 valence electrons. The van der Waals surface area contributed by atoms with Crippen LogP contribution in [0.3, 0.4) is 0 Å². The molecule has 3 amide bonds. The summed E-state index contributed by atoms with van der Waals surface area (Å²) in [5, 5.41) is 9.09. The lowest BCUT2D eigenvalue weighted by Crippen LogP contribution is -2.40. The zero-order valence-corrected chi connectivity index (χ0v) is 18.5. The summed E-state index contributed by atoms with van der Waals surface area (Å²) in [5.74, 6) is -0.499. The van der Waals surface area contributed by atoms with E-state index in [1.807, 2.05) is 30.3 Å². The first-order valence-electron chi connectivity index (χ1n) is 9.94. The molecule has 0 spiro atoms. The van der Waals surface area contributed by atoms with Gasteiger partial charge in [0.05, 0.1) is 11.4 Å². The maximum absolute atomic E-state index is 13.0. The van der Waals surface area contributed by atoms with Crippen LogP contribution >= 0.6 is 23.4 Å². The van der Waals surface area contributed by atoms with Gasteiger partial charge in [0.15, 0.2) is 0 Å². The summed E-state index contributed by atoms with van der Waals surface area (Å²) < 4.78 is 0. The zero-order chi connectivity index (χ0) is 22.5. The molecule has 1 aliphatic heterocycles. The first kappa shape index (κ1) is 21.9. The number of fused-ring (bicyclic) bond motifs is 1. The van der Waals surface area contributed by atoms with Crippen molar-refractivity contribution in [1.29, 1.82) is 0 Å². The standard InChI is InChI=1S/C24H20ClN3O3S/c25-18-9-6-15(7-10-18)13-26-24(31)22(16-4-2-1-3-5-16)28-23(30)17-8-11-20-19(12-17)27-21(29)14-32-20/h1-12,22H,13-14H2,(H,26,31)(H,27,29)(H,28,30). The lowest BCUT2D eigenvalue weighted by molar-refractivity contribution is -0.123.